The topological polar surface area (TPSA) is 150 Å². The molecule has 1 aromatic heterocycles. The van der Waals surface area contributed by atoms with Gasteiger partial charge in [-0.3, -0.25) is 9.59 Å². The van der Waals surface area contributed by atoms with Crippen LogP contribution in [0.2, 0.25) is 0 Å². The van der Waals surface area contributed by atoms with Gasteiger partial charge < -0.3 is 35.2 Å². The van der Waals surface area contributed by atoms with Crippen molar-refractivity contribution in [2.75, 3.05) is 51.3 Å². The normalized spacial score (nSPS) is 34.9. The quantitative estimate of drug-likeness (QED) is 0.203. The first-order chi connectivity index (χ1) is 16.3. The third-order valence-electron chi connectivity index (χ3n) is 7.70. The van der Waals surface area contributed by atoms with Crippen LogP contribution < -0.4 is 16.2 Å². The van der Waals surface area contributed by atoms with Crippen molar-refractivity contribution < 1.29 is 28.8 Å². The highest BCUT2D eigenvalue weighted by atomic mass is 32.2. The second-order valence-corrected chi connectivity index (χ2v) is 11.8. The number of carboxylic acid groups (broad SMARTS) is 1. The summed E-state index contributed by atoms with van der Waals surface area (Å²) in [6.45, 7) is 3.62. The van der Waals surface area contributed by atoms with Crippen molar-refractivity contribution in [1.82, 2.24) is 15.2 Å². The van der Waals surface area contributed by atoms with Crippen LogP contribution in [0.4, 0.5) is 5.13 Å². The van der Waals surface area contributed by atoms with E-state index in [1.807, 2.05) is 0 Å². The number of amides is 2. The highest BCUT2D eigenvalue weighted by Gasteiger charge is 2.58. The molecule has 3 N–H and O–H groups in total. The average molecular weight is 509 g/mol. The van der Waals surface area contributed by atoms with Gasteiger partial charge in [0.1, 0.15) is 24.2 Å². The molecular formula is C21H28N6O5S2. The Morgan fingerprint density at radius 3 is 2.68 bits per heavy atom. The minimum absolute atomic E-state index is 0.0732. The van der Waals surface area contributed by atoms with Crippen LogP contribution in [-0.4, -0.2) is 94.9 Å². The van der Waals surface area contributed by atoms with Gasteiger partial charge in [0.2, 0.25) is 5.91 Å². The average Bonchev–Trinajstić information content (AvgIpc) is 3.27. The number of thiazole rings is 1. The Labute approximate surface area is 205 Å². The molecule has 13 heteroatoms. The Bertz CT molecular complexity index is 1020. The smallest absolute Gasteiger partial charge is 0.276 e. The number of anilines is 1. The van der Waals surface area contributed by atoms with E-state index < -0.39 is 23.3 Å². The number of quaternary nitrogens is 1. The Hall–Kier alpha value is -2.38. The molecule has 0 radical (unpaired) electrons. The fourth-order valence-electron chi connectivity index (χ4n) is 5.83. The van der Waals surface area contributed by atoms with Gasteiger partial charge in [0.15, 0.2) is 10.8 Å². The molecule has 2 bridgehead atoms. The summed E-state index contributed by atoms with van der Waals surface area (Å²) in [6, 6.07) is -0.770. The van der Waals surface area contributed by atoms with E-state index in [-0.39, 0.29) is 34.4 Å². The number of nitrogens with two attached hydrogens (primary N) is 1. The van der Waals surface area contributed by atoms with Crippen LogP contribution >= 0.6 is 23.1 Å². The predicted octanol–water partition coefficient (Wildman–Crippen LogP) is -1.16. The molecule has 0 saturated carbocycles. The lowest BCUT2D eigenvalue weighted by atomic mass is 9.80. The molecule has 3 atom stereocenters. The Balaban J connectivity index is 1.27. The number of β-lactam (4-membered cyclic amide) rings is 1. The first-order valence-electron chi connectivity index (χ1n) is 11.4. The maximum atomic E-state index is 13.0. The zero-order valence-corrected chi connectivity index (χ0v) is 20.5. The number of rotatable bonds is 7. The molecule has 0 aromatic carbocycles. The number of hydrogen-bond donors (Lipinski definition) is 2. The van der Waals surface area contributed by atoms with Crippen molar-refractivity contribution in [2.45, 2.75) is 30.7 Å². The van der Waals surface area contributed by atoms with Crippen molar-refractivity contribution >= 4 is 51.7 Å². The van der Waals surface area contributed by atoms with Crippen LogP contribution in [0, 0.1) is 11.3 Å². The second kappa shape index (κ2) is 8.68. The number of carbonyl (C=O) groups excluding carboxylic acids is 3. The van der Waals surface area contributed by atoms with Crippen molar-refractivity contribution in [1.29, 1.82) is 0 Å². The number of oxime groups is 1. The molecule has 184 valence electrons. The number of aliphatic carboxylic acids is 1. The van der Waals surface area contributed by atoms with Crippen molar-refractivity contribution in [3.63, 3.8) is 0 Å². The van der Waals surface area contributed by atoms with Gasteiger partial charge in [-0.1, -0.05) is 5.16 Å². The summed E-state index contributed by atoms with van der Waals surface area (Å²) in [5.74, 6) is -0.867. The number of nitrogens with one attached hydrogen (secondary N) is 1. The lowest BCUT2D eigenvalue weighted by Gasteiger charge is -2.58. The van der Waals surface area contributed by atoms with Gasteiger partial charge in [-0.15, -0.1) is 23.1 Å². The van der Waals surface area contributed by atoms with E-state index in [1.165, 1.54) is 18.9 Å². The molecule has 5 saturated heterocycles. The zero-order chi connectivity index (χ0) is 24.1. The van der Waals surface area contributed by atoms with Gasteiger partial charge in [-0.2, -0.15) is 0 Å². The maximum absolute atomic E-state index is 13.0. The summed E-state index contributed by atoms with van der Waals surface area (Å²) >= 11 is 2.55. The number of nitrogen functional groups attached to an aromatic ring is 1. The molecule has 5 fully saturated rings. The van der Waals surface area contributed by atoms with Crippen molar-refractivity contribution in [3.8, 4) is 0 Å². The van der Waals surface area contributed by atoms with Gasteiger partial charge in [-0.25, -0.2) is 4.98 Å². The zero-order valence-electron chi connectivity index (χ0n) is 18.9. The van der Waals surface area contributed by atoms with Gasteiger partial charge in [-0.05, 0) is 25.2 Å². The molecule has 6 rings (SSSR count). The van der Waals surface area contributed by atoms with E-state index in [2.05, 4.69) is 15.5 Å². The highest BCUT2D eigenvalue weighted by molar-refractivity contribution is 8.00. The Morgan fingerprint density at radius 1 is 1.38 bits per heavy atom. The van der Waals surface area contributed by atoms with Crippen LogP contribution in [0.1, 0.15) is 25.0 Å². The van der Waals surface area contributed by atoms with Gasteiger partial charge >= 0.3 is 0 Å². The molecule has 0 spiro atoms. The molecular weight excluding hydrogens is 480 g/mol. The molecule has 2 amide bonds. The number of hydrogen-bond acceptors (Lipinski definition) is 10. The molecule has 1 unspecified atom stereocenters. The standard InChI is InChI=1S/C21H28N6O5S2/c1-32-25-14(13-8-33-20(22)23-13)16(28)24-15-17(29)26-9-21(19(30)31,11-34-18(15)26)10-27-5-2-12(3-6-27)4-7-27/h8,12,15,18H,2-7,9-11H2,1H3,(H3-,22,23,24,28,30,31)/t12?,15-,18-,21?,27?/m1/s1. The molecule has 0 aliphatic carbocycles. The van der Waals surface area contributed by atoms with Gasteiger partial charge in [0.05, 0.1) is 37.6 Å². The van der Waals surface area contributed by atoms with E-state index in [9.17, 15) is 19.5 Å². The number of aromatic nitrogens is 1. The summed E-state index contributed by atoms with van der Waals surface area (Å²) in [6.07, 6.45) is 3.43. The second-order valence-electron chi connectivity index (χ2n) is 9.78. The summed E-state index contributed by atoms with van der Waals surface area (Å²) in [5.41, 5.74) is 4.76. The largest absolute Gasteiger partial charge is 0.549 e. The van der Waals surface area contributed by atoms with Crippen LogP contribution in [-0.2, 0) is 19.2 Å². The fourth-order valence-corrected chi connectivity index (χ4v) is 7.90. The molecule has 5 aliphatic heterocycles. The minimum Gasteiger partial charge on any atom is -0.549 e. The first kappa shape index (κ1) is 23.4. The predicted molar refractivity (Wildman–Crippen MR) is 124 cm³/mol. The summed E-state index contributed by atoms with van der Waals surface area (Å²) in [4.78, 5) is 48.7. The monoisotopic (exact) mass is 508 g/mol. The number of nitrogens with zero attached hydrogens (tertiary/aromatic N) is 4. The summed E-state index contributed by atoms with van der Waals surface area (Å²) in [5, 5.41) is 20.4. The maximum Gasteiger partial charge on any atom is 0.276 e. The van der Waals surface area contributed by atoms with Crippen molar-refractivity contribution in [2.24, 2.45) is 16.5 Å². The third kappa shape index (κ3) is 3.93. The fraction of sp³-hybridized carbons (Fsp3) is 0.667. The van der Waals surface area contributed by atoms with E-state index in [4.69, 9.17) is 10.6 Å². The molecule has 34 heavy (non-hydrogen) atoms. The summed E-state index contributed by atoms with van der Waals surface area (Å²) in [7, 11) is 1.31. The molecule has 1 aromatic rings. The Kier molecular flexibility index (Phi) is 5.97. The summed E-state index contributed by atoms with van der Waals surface area (Å²) < 4.78 is 0.811. The number of piperidine rings is 3. The lowest BCUT2D eigenvalue weighted by Crippen LogP contribution is -2.76. The molecule has 5 aliphatic rings. The number of thioether (sulfide) groups is 1. The van der Waals surface area contributed by atoms with Gasteiger partial charge in [0.25, 0.3) is 5.91 Å². The van der Waals surface area contributed by atoms with Crippen molar-refractivity contribution in [3.05, 3.63) is 11.1 Å². The van der Waals surface area contributed by atoms with E-state index in [0.29, 0.717) is 12.3 Å². The number of carbonyl (C=O) groups is 3. The SMILES string of the molecule is CON=C(C(=O)N[C@@H]1C(=O)N2CC(C[N+]34CCC(CC3)CC4)(C(=O)[O-])CS[C@H]12)c1csc(N)n1. The lowest BCUT2D eigenvalue weighted by molar-refractivity contribution is -0.947. The Morgan fingerprint density at radius 2 is 2.09 bits per heavy atom. The van der Waals surface area contributed by atoms with E-state index in [1.54, 1.807) is 10.3 Å². The highest BCUT2D eigenvalue weighted by Crippen LogP contribution is 2.45. The molecule has 6 heterocycles. The first-order valence-corrected chi connectivity index (χ1v) is 13.3. The van der Waals surface area contributed by atoms with Crippen LogP contribution in [0.5, 0.6) is 0 Å². The van der Waals surface area contributed by atoms with Gasteiger partial charge in [0, 0.05) is 17.7 Å². The van der Waals surface area contributed by atoms with E-state index >= 15 is 0 Å². The molecule has 11 nitrogen and oxygen atoms in total. The third-order valence-corrected chi connectivity index (χ3v) is 9.96. The van der Waals surface area contributed by atoms with E-state index in [0.717, 1.165) is 60.6 Å². The number of fused-ring (bicyclic) bond motifs is 4. The number of carboxylic acids is 1. The van der Waals surface area contributed by atoms with Crippen LogP contribution in [0.15, 0.2) is 10.5 Å². The van der Waals surface area contributed by atoms with Crippen LogP contribution in [0.3, 0.4) is 0 Å². The minimum atomic E-state index is -1.09. The van der Waals surface area contributed by atoms with Crippen LogP contribution in [0.25, 0.3) is 0 Å².